The fraction of sp³-hybridized carbons (Fsp3) is 0.522. The Kier molecular flexibility index (Phi) is 6.16. The maximum atomic E-state index is 12.8. The Bertz CT molecular complexity index is 909. The van der Waals surface area contributed by atoms with Crippen LogP contribution in [0.1, 0.15) is 66.4 Å². The second-order valence-corrected chi connectivity index (χ2v) is 8.35. The van der Waals surface area contributed by atoms with Gasteiger partial charge in [0.2, 0.25) is 11.8 Å². The first-order chi connectivity index (χ1) is 14.5. The van der Waals surface area contributed by atoms with Crippen molar-refractivity contribution in [3.63, 3.8) is 0 Å². The Morgan fingerprint density at radius 2 is 1.93 bits per heavy atom. The minimum Gasteiger partial charge on any atom is -0.328 e. The molecule has 2 heterocycles. The summed E-state index contributed by atoms with van der Waals surface area (Å²) in [6, 6.07) is 5.82. The molecular formula is C23H28N4O3. The van der Waals surface area contributed by atoms with Crippen molar-refractivity contribution >= 4 is 17.7 Å². The molecule has 0 radical (unpaired) electrons. The molecule has 7 heteroatoms. The highest BCUT2D eigenvalue weighted by molar-refractivity contribution is 6.05. The normalized spacial score (nSPS) is 26.1. The molecule has 3 aliphatic rings. The van der Waals surface area contributed by atoms with Crippen LogP contribution in [-0.4, -0.2) is 47.3 Å². The molecule has 158 valence electrons. The molecule has 4 rings (SSSR count). The average molecular weight is 409 g/mol. The average Bonchev–Trinajstić information content (AvgIpc) is 3.06. The first-order valence-electron chi connectivity index (χ1n) is 10.8. The lowest BCUT2D eigenvalue weighted by molar-refractivity contribution is -0.136. The standard InChI is InChI=1S/C23H28N4O3/c24-16-7-9-17(10-8-16)25-13-2-1-4-15-5-3-6-18-19(15)14-27(23(18)30)20-11-12-21(28)26-22(20)29/h3,5-6,16-17,20,25H,2,7-14,24H2,(H,26,28,29). The van der Waals surface area contributed by atoms with Crippen molar-refractivity contribution in [3.05, 3.63) is 34.9 Å². The lowest BCUT2D eigenvalue weighted by Gasteiger charge is -2.29. The number of piperidine rings is 1. The van der Waals surface area contributed by atoms with Gasteiger partial charge in [0.15, 0.2) is 0 Å². The zero-order valence-electron chi connectivity index (χ0n) is 17.1. The molecule has 0 bridgehead atoms. The van der Waals surface area contributed by atoms with Crippen molar-refractivity contribution in [2.75, 3.05) is 6.54 Å². The summed E-state index contributed by atoms with van der Waals surface area (Å²) >= 11 is 0. The number of carbonyl (C=O) groups excluding carboxylic acids is 3. The fourth-order valence-corrected chi connectivity index (χ4v) is 4.52. The molecule has 1 aromatic rings. The Morgan fingerprint density at radius 1 is 1.13 bits per heavy atom. The van der Waals surface area contributed by atoms with Crippen LogP contribution in [0.3, 0.4) is 0 Å². The fourth-order valence-electron chi connectivity index (χ4n) is 4.52. The van der Waals surface area contributed by atoms with Crippen LogP contribution in [-0.2, 0) is 16.1 Å². The molecule has 1 unspecified atom stereocenters. The van der Waals surface area contributed by atoms with Gasteiger partial charge < -0.3 is 16.0 Å². The minimum absolute atomic E-state index is 0.166. The summed E-state index contributed by atoms with van der Waals surface area (Å²) in [5, 5.41) is 5.89. The van der Waals surface area contributed by atoms with Gasteiger partial charge in [-0.1, -0.05) is 17.9 Å². The molecular weight excluding hydrogens is 380 g/mol. The first-order valence-corrected chi connectivity index (χ1v) is 10.8. The van der Waals surface area contributed by atoms with Gasteiger partial charge in [0.25, 0.3) is 5.91 Å². The van der Waals surface area contributed by atoms with Crippen molar-refractivity contribution in [3.8, 4) is 11.8 Å². The Hall–Kier alpha value is -2.69. The molecule has 4 N–H and O–H groups in total. The molecule has 1 saturated carbocycles. The van der Waals surface area contributed by atoms with E-state index in [1.807, 2.05) is 12.1 Å². The number of nitrogens with two attached hydrogens (primary N) is 1. The van der Waals surface area contributed by atoms with E-state index in [0.717, 1.165) is 49.8 Å². The number of carbonyl (C=O) groups is 3. The van der Waals surface area contributed by atoms with E-state index >= 15 is 0 Å². The second-order valence-electron chi connectivity index (χ2n) is 8.35. The van der Waals surface area contributed by atoms with E-state index in [-0.39, 0.29) is 18.2 Å². The molecule has 30 heavy (non-hydrogen) atoms. The van der Waals surface area contributed by atoms with E-state index in [2.05, 4.69) is 22.5 Å². The van der Waals surface area contributed by atoms with Crippen LogP contribution in [0.15, 0.2) is 18.2 Å². The monoisotopic (exact) mass is 408 g/mol. The summed E-state index contributed by atoms with van der Waals surface area (Å²) in [5.74, 6) is 5.58. The van der Waals surface area contributed by atoms with Crippen molar-refractivity contribution in [1.82, 2.24) is 15.5 Å². The molecule has 1 aromatic carbocycles. The third kappa shape index (κ3) is 4.40. The molecule has 1 saturated heterocycles. The number of fused-ring (bicyclic) bond motifs is 1. The number of rotatable bonds is 4. The predicted octanol–water partition coefficient (Wildman–Crippen LogP) is 1.05. The summed E-state index contributed by atoms with van der Waals surface area (Å²) in [6.45, 7) is 1.19. The van der Waals surface area contributed by atoms with Crippen molar-refractivity contribution in [2.45, 2.75) is 69.6 Å². The number of hydrogen-bond donors (Lipinski definition) is 3. The number of amides is 3. The molecule has 7 nitrogen and oxygen atoms in total. The molecule has 3 amide bonds. The smallest absolute Gasteiger partial charge is 0.255 e. The van der Waals surface area contributed by atoms with Crippen molar-refractivity contribution < 1.29 is 14.4 Å². The number of hydrogen-bond acceptors (Lipinski definition) is 5. The van der Waals surface area contributed by atoms with Crippen LogP contribution in [0, 0.1) is 11.8 Å². The zero-order chi connectivity index (χ0) is 21.1. The van der Waals surface area contributed by atoms with Crippen LogP contribution < -0.4 is 16.4 Å². The maximum Gasteiger partial charge on any atom is 0.255 e. The molecule has 2 aliphatic heterocycles. The van der Waals surface area contributed by atoms with E-state index < -0.39 is 11.9 Å². The lowest BCUT2D eigenvalue weighted by atomic mass is 9.92. The van der Waals surface area contributed by atoms with Crippen LogP contribution in [0.25, 0.3) is 0 Å². The van der Waals surface area contributed by atoms with Gasteiger partial charge in [-0.05, 0) is 49.8 Å². The van der Waals surface area contributed by atoms with Crippen molar-refractivity contribution in [2.24, 2.45) is 5.73 Å². The predicted molar refractivity (Wildman–Crippen MR) is 112 cm³/mol. The molecule has 0 spiro atoms. The first kappa shape index (κ1) is 20.6. The third-order valence-corrected chi connectivity index (χ3v) is 6.26. The summed E-state index contributed by atoms with van der Waals surface area (Å²) in [5.41, 5.74) is 8.25. The minimum atomic E-state index is -0.601. The number of nitrogens with one attached hydrogen (secondary N) is 2. The second kappa shape index (κ2) is 8.99. The maximum absolute atomic E-state index is 12.8. The third-order valence-electron chi connectivity index (χ3n) is 6.26. The highest BCUT2D eigenvalue weighted by Gasteiger charge is 2.39. The number of benzene rings is 1. The van der Waals surface area contributed by atoms with Crippen LogP contribution in [0.4, 0.5) is 0 Å². The molecule has 1 aliphatic carbocycles. The SMILES string of the molecule is NC1CCC(NCCC#Cc2cccc3c2CN(C2CCC(=O)NC2=O)C3=O)CC1. The largest absolute Gasteiger partial charge is 0.328 e. The van der Waals surface area contributed by atoms with Gasteiger partial charge in [0, 0.05) is 49.1 Å². The summed E-state index contributed by atoms with van der Waals surface area (Å²) < 4.78 is 0. The highest BCUT2D eigenvalue weighted by atomic mass is 16.2. The van der Waals surface area contributed by atoms with Crippen LogP contribution in [0.2, 0.25) is 0 Å². The van der Waals surface area contributed by atoms with Gasteiger partial charge in [0.05, 0.1) is 0 Å². The Morgan fingerprint density at radius 3 is 2.70 bits per heavy atom. The number of imide groups is 1. The zero-order valence-corrected chi connectivity index (χ0v) is 17.1. The highest BCUT2D eigenvalue weighted by Crippen LogP contribution is 2.29. The van der Waals surface area contributed by atoms with Gasteiger partial charge in [-0.15, -0.1) is 0 Å². The van der Waals surface area contributed by atoms with E-state index in [9.17, 15) is 14.4 Å². The van der Waals surface area contributed by atoms with E-state index in [1.54, 1.807) is 11.0 Å². The topological polar surface area (TPSA) is 105 Å². The summed E-state index contributed by atoms with van der Waals surface area (Å²) in [4.78, 5) is 38.0. The van der Waals surface area contributed by atoms with Crippen LogP contribution >= 0.6 is 0 Å². The van der Waals surface area contributed by atoms with E-state index in [4.69, 9.17) is 5.73 Å². The Labute approximate surface area is 176 Å². The summed E-state index contributed by atoms with van der Waals surface area (Å²) in [6.07, 6.45) is 5.76. The quantitative estimate of drug-likeness (QED) is 0.392. The van der Waals surface area contributed by atoms with Gasteiger partial charge in [0.1, 0.15) is 6.04 Å². The van der Waals surface area contributed by atoms with Crippen molar-refractivity contribution in [1.29, 1.82) is 0 Å². The molecule has 1 atom stereocenters. The van der Waals surface area contributed by atoms with Crippen LogP contribution in [0.5, 0.6) is 0 Å². The van der Waals surface area contributed by atoms with Gasteiger partial charge in [-0.2, -0.15) is 0 Å². The summed E-state index contributed by atoms with van der Waals surface area (Å²) in [7, 11) is 0. The van der Waals surface area contributed by atoms with Gasteiger partial charge in [-0.25, -0.2) is 0 Å². The Balaban J connectivity index is 1.37. The molecule has 0 aromatic heterocycles. The van der Waals surface area contributed by atoms with Gasteiger partial charge in [-0.3, -0.25) is 19.7 Å². The van der Waals surface area contributed by atoms with E-state index in [0.29, 0.717) is 30.6 Å². The molecule has 2 fully saturated rings. The number of nitrogens with zero attached hydrogens (tertiary/aromatic N) is 1. The van der Waals surface area contributed by atoms with E-state index in [1.165, 1.54) is 0 Å². The van der Waals surface area contributed by atoms with Gasteiger partial charge >= 0.3 is 0 Å². The lowest BCUT2D eigenvalue weighted by Crippen LogP contribution is -2.52.